The maximum Gasteiger partial charge on any atom is 0.116 e. The molecule has 0 rings (SSSR count). The number of rotatable bonds is 7. The van der Waals surface area contributed by atoms with Gasteiger partial charge in [-0.1, -0.05) is 13.8 Å². The number of hydrogen-bond acceptors (Lipinski definition) is 3. The van der Waals surface area contributed by atoms with Gasteiger partial charge in [0.25, 0.3) is 0 Å². The fourth-order valence-corrected chi connectivity index (χ4v) is 1.73. The van der Waals surface area contributed by atoms with Crippen LogP contribution in [-0.4, -0.2) is 36.1 Å². The van der Waals surface area contributed by atoms with Crippen molar-refractivity contribution in [2.24, 2.45) is 0 Å². The van der Waals surface area contributed by atoms with Gasteiger partial charge in [-0.3, -0.25) is 10.2 Å². The molecule has 1 atom stereocenters. The summed E-state index contributed by atoms with van der Waals surface area (Å²) in [5.41, 5.74) is -0.422. The van der Waals surface area contributed by atoms with Crippen LogP contribution in [0.25, 0.3) is 0 Å². The Morgan fingerprint density at radius 2 is 2.00 bits per heavy atom. The second-order valence-corrected chi connectivity index (χ2v) is 4.54. The van der Waals surface area contributed by atoms with Crippen molar-refractivity contribution in [1.29, 1.82) is 5.26 Å². The van der Waals surface area contributed by atoms with Crippen molar-refractivity contribution in [3.05, 3.63) is 0 Å². The van der Waals surface area contributed by atoms with Crippen molar-refractivity contribution < 1.29 is 0 Å². The molecule has 0 aromatic carbocycles. The van der Waals surface area contributed by atoms with Crippen molar-refractivity contribution in [2.75, 3.05) is 19.6 Å². The molecule has 1 unspecified atom stereocenters. The molecule has 0 amide bonds. The smallest absolute Gasteiger partial charge is 0.116 e. The van der Waals surface area contributed by atoms with E-state index < -0.39 is 5.54 Å². The zero-order valence-electron chi connectivity index (χ0n) is 10.8. The summed E-state index contributed by atoms with van der Waals surface area (Å²) in [6.45, 7) is 13.2. The van der Waals surface area contributed by atoms with E-state index in [1.54, 1.807) is 0 Å². The molecule has 3 nitrogen and oxygen atoms in total. The minimum Gasteiger partial charge on any atom is -0.299 e. The highest BCUT2D eigenvalue weighted by Gasteiger charge is 2.26. The van der Waals surface area contributed by atoms with Crippen LogP contribution in [0.3, 0.4) is 0 Å². The minimum absolute atomic E-state index is 0.422. The van der Waals surface area contributed by atoms with Gasteiger partial charge in [-0.25, -0.2) is 0 Å². The van der Waals surface area contributed by atoms with E-state index in [1.165, 1.54) is 0 Å². The molecule has 0 radical (unpaired) electrons. The van der Waals surface area contributed by atoms with Crippen LogP contribution in [0, 0.1) is 11.3 Å². The van der Waals surface area contributed by atoms with Crippen molar-refractivity contribution in [2.45, 2.75) is 52.6 Å². The van der Waals surface area contributed by atoms with E-state index in [0.29, 0.717) is 6.04 Å². The molecule has 0 saturated carbocycles. The molecule has 3 heteroatoms. The van der Waals surface area contributed by atoms with Gasteiger partial charge in [-0.15, -0.1) is 0 Å². The topological polar surface area (TPSA) is 39.1 Å². The van der Waals surface area contributed by atoms with Gasteiger partial charge in [-0.05, 0) is 40.3 Å². The Hall–Kier alpha value is -0.590. The first-order valence-electron chi connectivity index (χ1n) is 5.89. The van der Waals surface area contributed by atoms with Crippen LogP contribution in [-0.2, 0) is 0 Å². The summed E-state index contributed by atoms with van der Waals surface area (Å²) in [7, 11) is 0. The Kier molecular flexibility index (Phi) is 6.55. The average Bonchev–Trinajstić information content (AvgIpc) is 2.17. The van der Waals surface area contributed by atoms with E-state index in [9.17, 15) is 5.26 Å². The first-order valence-corrected chi connectivity index (χ1v) is 5.89. The Morgan fingerprint density at radius 3 is 2.33 bits per heavy atom. The lowest BCUT2D eigenvalue weighted by Crippen LogP contribution is -2.52. The Bertz CT molecular complexity index is 207. The van der Waals surface area contributed by atoms with Crippen LogP contribution in [0.5, 0.6) is 0 Å². The maximum absolute atomic E-state index is 9.18. The summed E-state index contributed by atoms with van der Waals surface area (Å²) in [6, 6.07) is 2.87. The quantitative estimate of drug-likeness (QED) is 0.700. The number of nitrogens with zero attached hydrogens (tertiary/aromatic N) is 2. The zero-order valence-corrected chi connectivity index (χ0v) is 10.8. The molecule has 0 spiro atoms. The largest absolute Gasteiger partial charge is 0.299 e. The second-order valence-electron chi connectivity index (χ2n) is 4.54. The number of likely N-dealkylation sites (N-methyl/N-ethyl adjacent to an activating group) is 1. The number of nitriles is 1. The summed E-state index contributed by atoms with van der Waals surface area (Å²) in [4.78, 5) is 2.35. The van der Waals surface area contributed by atoms with E-state index in [2.05, 4.69) is 37.1 Å². The summed E-state index contributed by atoms with van der Waals surface area (Å²) in [5.74, 6) is 0. The predicted molar refractivity (Wildman–Crippen MR) is 64.7 cm³/mol. The third-order valence-electron chi connectivity index (χ3n) is 2.57. The molecule has 15 heavy (non-hydrogen) atoms. The van der Waals surface area contributed by atoms with Gasteiger partial charge >= 0.3 is 0 Å². The molecule has 0 aliphatic rings. The van der Waals surface area contributed by atoms with Crippen LogP contribution in [0.15, 0.2) is 0 Å². The number of hydrogen-bond donors (Lipinski definition) is 1. The Morgan fingerprint density at radius 1 is 1.40 bits per heavy atom. The Balaban J connectivity index is 4.41. The first-order chi connectivity index (χ1) is 6.99. The minimum atomic E-state index is -0.422. The van der Waals surface area contributed by atoms with Gasteiger partial charge in [0.1, 0.15) is 5.54 Å². The van der Waals surface area contributed by atoms with Gasteiger partial charge in [0.05, 0.1) is 6.07 Å². The number of nitrogens with one attached hydrogen (secondary N) is 1. The molecule has 0 bridgehead atoms. The van der Waals surface area contributed by atoms with Gasteiger partial charge < -0.3 is 0 Å². The maximum atomic E-state index is 9.18. The SMILES string of the molecule is CCCN(CC(C)(C#N)NCC)C(C)C. The summed E-state index contributed by atoms with van der Waals surface area (Å²) >= 11 is 0. The molecular weight excluding hydrogens is 186 g/mol. The van der Waals surface area contributed by atoms with Crippen LogP contribution in [0.4, 0.5) is 0 Å². The van der Waals surface area contributed by atoms with Crippen LogP contribution in [0.1, 0.15) is 41.0 Å². The monoisotopic (exact) mass is 211 g/mol. The fraction of sp³-hybridized carbons (Fsp3) is 0.917. The molecule has 0 aliphatic carbocycles. The van der Waals surface area contributed by atoms with Gasteiger partial charge in [0, 0.05) is 12.6 Å². The van der Waals surface area contributed by atoms with Gasteiger partial charge in [0.2, 0.25) is 0 Å². The summed E-state index contributed by atoms with van der Waals surface area (Å²) in [6.07, 6.45) is 1.13. The molecule has 0 aromatic heterocycles. The fourth-order valence-electron chi connectivity index (χ4n) is 1.73. The summed E-state index contributed by atoms with van der Waals surface area (Å²) in [5, 5.41) is 12.4. The van der Waals surface area contributed by atoms with Crippen molar-refractivity contribution in [1.82, 2.24) is 10.2 Å². The van der Waals surface area contributed by atoms with E-state index in [-0.39, 0.29) is 0 Å². The molecule has 0 saturated heterocycles. The van der Waals surface area contributed by atoms with E-state index >= 15 is 0 Å². The van der Waals surface area contributed by atoms with E-state index in [1.807, 2.05) is 13.8 Å². The third kappa shape index (κ3) is 5.15. The highest BCUT2D eigenvalue weighted by Crippen LogP contribution is 2.09. The predicted octanol–water partition coefficient (Wildman–Crippen LogP) is 2.00. The summed E-state index contributed by atoms with van der Waals surface area (Å²) < 4.78 is 0. The molecule has 0 aliphatic heterocycles. The molecule has 0 aromatic rings. The molecular formula is C12H25N3. The normalized spacial score (nSPS) is 15.3. The zero-order chi connectivity index (χ0) is 11.9. The average molecular weight is 211 g/mol. The second kappa shape index (κ2) is 6.81. The van der Waals surface area contributed by atoms with Gasteiger partial charge in [0.15, 0.2) is 0 Å². The molecule has 0 fully saturated rings. The van der Waals surface area contributed by atoms with Crippen molar-refractivity contribution in [3.8, 4) is 6.07 Å². The molecule has 88 valence electrons. The van der Waals surface area contributed by atoms with Crippen molar-refractivity contribution in [3.63, 3.8) is 0 Å². The van der Waals surface area contributed by atoms with Gasteiger partial charge in [-0.2, -0.15) is 5.26 Å². The molecule has 0 heterocycles. The lowest BCUT2D eigenvalue weighted by Gasteiger charge is -2.33. The Labute approximate surface area is 94.5 Å². The standard InChI is InChI=1S/C12H25N3/c1-6-8-15(11(3)4)10-12(5,9-13)14-7-2/h11,14H,6-8,10H2,1-5H3. The lowest BCUT2D eigenvalue weighted by atomic mass is 10.0. The molecule has 1 N–H and O–H groups in total. The first kappa shape index (κ1) is 14.4. The van der Waals surface area contributed by atoms with Crippen LogP contribution in [0.2, 0.25) is 0 Å². The third-order valence-corrected chi connectivity index (χ3v) is 2.57. The van der Waals surface area contributed by atoms with Crippen molar-refractivity contribution >= 4 is 0 Å². The van der Waals surface area contributed by atoms with E-state index in [0.717, 1.165) is 26.1 Å². The van der Waals surface area contributed by atoms with E-state index in [4.69, 9.17) is 0 Å². The lowest BCUT2D eigenvalue weighted by molar-refractivity contribution is 0.181. The van der Waals surface area contributed by atoms with Crippen LogP contribution < -0.4 is 5.32 Å². The highest BCUT2D eigenvalue weighted by molar-refractivity contribution is 5.05. The van der Waals surface area contributed by atoms with Crippen LogP contribution >= 0.6 is 0 Å². The highest BCUT2D eigenvalue weighted by atomic mass is 15.2.